The van der Waals surface area contributed by atoms with E-state index in [9.17, 15) is 0 Å². The summed E-state index contributed by atoms with van der Waals surface area (Å²) in [6, 6.07) is 27.2. The van der Waals surface area contributed by atoms with Crippen molar-refractivity contribution in [3.05, 3.63) is 90.0 Å². The molecule has 0 saturated carbocycles. The number of hydrogen-bond acceptors (Lipinski definition) is 1. The molecule has 0 spiro atoms. The van der Waals surface area contributed by atoms with Crippen molar-refractivity contribution in [2.45, 2.75) is 0 Å². The fraction of sp³-hybridized carbons (Fsp3) is 0. The van der Waals surface area contributed by atoms with E-state index in [1.165, 1.54) is 32.3 Å². The van der Waals surface area contributed by atoms with Gasteiger partial charge in [-0.25, -0.2) is 0 Å². The molecule has 0 aliphatic heterocycles. The standard InChI is InChI=1S/C24H15N/c25-21-13-5-16(6-14-21)4-7-17-8-9-20-11-10-18-2-1-3-19-12-15-22(17)24(20)23(18)19/h1-3,5-6,8-15H,25H2. The van der Waals surface area contributed by atoms with Gasteiger partial charge in [-0.1, -0.05) is 60.4 Å². The molecule has 0 saturated heterocycles. The Balaban J connectivity index is 1.78. The molecule has 0 aromatic heterocycles. The van der Waals surface area contributed by atoms with E-state index in [0.717, 1.165) is 16.8 Å². The van der Waals surface area contributed by atoms with Gasteiger partial charge >= 0.3 is 0 Å². The van der Waals surface area contributed by atoms with E-state index in [-0.39, 0.29) is 0 Å². The van der Waals surface area contributed by atoms with Crippen LogP contribution in [-0.4, -0.2) is 0 Å². The number of rotatable bonds is 0. The van der Waals surface area contributed by atoms with Crippen molar-refractivity contribution < 1.29 is 0 Å². The van der Waals surface area contributed by atoms with Crippen LogP contribution in [0.25, 0.3) is 32.3 Å². The molecule has 0 fully saturated rings. The molecular weight excluding hydrogens is 302 g/mol. The third-order valence-electron chi connectivity index (χ3n) is 4.78. The maximum atomic E-state index is 5.74. The highest BCUT2D eigenvalue weighted by atomic mass is 14.5. The molecule has 0 bridgehead atoms. The fourth-order valence-corrected chi connectivity index (χ4v) is 3.55. The van der Waals surface area contributed by atoms with Crippen LogP contribution in [0.5, 0.6) is 0 Å². The Labute approximate surface area is 146 Å². The fourth-order valence-electron chi connectivity index (χ4n) is 3.55. The van der Waals surface area contributed by atoms with Crippen molar-refractivity contribution in [3.8, 4) is 11.8 Å². The minimum absolute atomic E-state index is 0.758. The van der Waals surface area contributed by atoms with Crippen molar-refractivity contribution in [2.75, 3.05) is 5.73 Å². The smallest absolute Gasteiger partial charge is 0.0328 e. The summed E-state index contributed by atoms with van der Waals surface area (Å²) in [6.45, 7) is 0. The highest BCUT2D eigenvalue weighted by Gasteiger charge is 2.09. The van der Waals surface area contributed by atoms with E-state index in [0.29, 0.717) is 0 Å². The monoisotopic (exact) mass is 317 g/mol. The van der Waals surface area contributed by atoms with Crippen LogP contribution in [0.15, 0.2) is 78.9 Å². The molecule has 0 atom stereocenters. The summed E-state index contributed by atoms with van der Waals surface area (Å²) < 4.78 is 0. The SMILES string of the molecule is Nc1ccc(C#Cc2ccc3ccc4cccc5ccc2c3c45)cc1. The van der Waals surface area contributed by atoms with Crippen molar-refractivity contribution in [1.29, 1.82) is 0 Å². The van der Waals surface area contributed by atoms with E-state index < -0.39 is 0 Å². The van der Waals surface area contributed by atoms with Gasteiger partial charge in [0.1, 0.15) is 0 Å². The lowest BCUT2D eigenvalue weighted by molar-refractivity contribution is 1.63. The van der Waals surface area contributed by atoms with Crippen LogP contribution >= 0.6 is 0 Å². The summed E-state index contributed by atoms with van der Waals surface area (Å²) in [5, 5.41) is 7.66. The van der Waals surface area contributed by atoms with Gasteiger partial charge in [-0.3, -0.25) is 0 Å². The van der Waals surface area contributed by atoms with Gasteiger partial charge in [0, 0.05) is 16.8 Å². The predicted molar refractivity (Wildman–Crippen MR) is 107 cm³/mol. The Morgan fingerprint density at radius 1 is 0.560 bits per heavy atom. The Bertz CT molecular complexity index is 1270. The Morgan fingerprint density at radius 2 is 1.20 bits per heavy atom. The molecule has 116 valence electrons. The molecule has 5 aromatic carbocycles. The van der Waals surface area contributed by atoms with E-state index in [2.05, 4.69) is 66.4 Å². The first-order chi connectivity index (χ1) is 12.3. The average Bonchev–Trinajstić information content (AvgIpc) is 2.66. The van der Waals surface area contributed by atoms with E-state index in [4.69, 9.17) is 5.73 Å². The molecule has 1 heteroatoms. The molecule has 0 amide bonds. The third-order valence-corrected chi connectivity index (χ3v) is 4.78. The van der Waals surface area contributed by atoms with E-state index in [1.54, 1.807) is 0 Å². The van der Waals surface area contributed by atoms with Gasteiger partial charge in [0.25, 0.3) is 0 Å². The molecule has 0 heterocycles. The average molecular weight is 317 g/mol. The number of nitrogens with two attached hydrogens (primary N) is 1. The van der Waals surface area contributed by atoms with Gasteiger partial charge in [0.15, 0.2) is 0 Å². The Kier molecular flexibility index (Phi) is 2.92. The van der Waals surface area contributed by atoms with Gasteiger partial charge in [-0.15, -0.1) is 0 Å². The van der Waals surface area contributed by atoms with E-state index in [1.807, 2.05) is 24.3 Å². The van der Waals surface area contributed by atoms with Crippen LogP contribution in [0.2, 0.25) is 0 Å². The maximum absolute atomic E-state index is 5.74. The summed E-state index contributed by atoms with van der Waals surface area (Å²) in [6.07, 6.45) is 0. The van der Waals surface area contributed by atoms with Crippen LogP contribution in [0.4, 0.5) is 5.69 Å². The maximum Gasteiger partial charge on any atom is 0.0328 e. The molecule has 0 unspecified atom stereocenters. The largest absolute Gasteiger partial charge is 0.399 e. The molecule has 5 aromatic rings. The van der Waals surface area contributed by atoms with Crippen LogP contribution in [-0.2, 0) is 0 Å². The first kappa shape index (κ1) is 13.9. The molecule has 1 nitrogen and oxygen atoms in total. The van der Waals surface area contributed by atoms with Crippen LogP contribution in [0.1, 0.15) is 11.1 Å². The molecule has 25 heavy (non-hydrogen) atoms. The number of benzene rings is 5. The topological polar surface area (TPSA) is 26.0 Å². The van der Waals surface area contributed by atoms with Crippen molar-refractivity contribution in [2.24, 2.45) is 0 Å². The first-order valence-electron chi connectivity index (χ1n) is 8.34. The summed E-state index contributed by atoms with van der Waals surface area (Å²) in [7, 11) is 0. The predicted octanol–water partition coefficient (Wildman–Crippen LogP) is 5.57. The minimum atomic E-state index is 0.758. The van der Waals surface area contributed by atoms with Crippen LogP contribution in [0, 0.1) is 11.8 Å². The van der Waals surface area contributed by atoms with Crippen molar-refractivity contribution in [1.82, 2.24) is 0 Å². The zero-order valence-electron chi connectivity index (χ0n) is 13.6. The lowest BCUT2D eigenvalue weighted by Crippen LogP contribution is -1.87. The zero-order chi connectivity index (χ0) is 16.8. The normalized spacial score (nSPS) is 11.0. The highest BCUT2D eigenvalue weighted by Crippen LogP contribution is 2.35. The second-order valence-electron chi connectivity index (χ2n) is 6.34. The molecule has 5 rings (SSSR count). The number of anilines is 1. The van der Waals surface area contributed by atoms with E-state index >= 15 is 0 Å². The number of hydrogen-bond donors (Lipinski definition) is 1. The third kappa shape index (κ3) is 2.20. The molecular formula is C24H15N. The van der Waals surface area contributed by atoms with Gasteiger partial charge in [-0.05, 0) is 62.6 Å². The summed E-state index contributed by atoms with van der Waals surface area (Å²) in [4.78, 5) is 0. The Morgan fingerprint density at radius 3 is 1.96 bits per heavy atom. The van der Waals surface area contributed by atoms with Gasteiger partial charge < -0.3 is 5.73 Å². The summed E-state index contributed by atoms with van der Waals surface area (Å²) >= 11 is 0. The van der Waals surface area contributed by atoms with Crippen molar-refractivity contribution >= 4 is 38.0 Å². The van der Waals surface area contributed by atoms with Gasteiger partial charge in [-0.2, -0.15) is 0 Å². The van der Waals surface area contributed by atoms with Crippen molar-refractivity contribution in [3.63, 3.8) is 0 Å². The zero-order valence-corrected chi connectivity index (χ0v) is 13.6. The molecule has 0 aliphatic rings. The summed E-state index contributed by atoms with van der Waals surface area (Å²) in [5.74, 6) is 6.60. The van der Waals surface area contributed by atoms with Crippen LogP contribution in [0.3, 0.4) is 0 Å². The lowest BCUT2D eigenvalue weighted by Gasteiger charge is -2.11. The molecule has 0 aliphatic carbocycles. The Hall–Kier alpha value is -3.50. The van der Waals surface area contributed by atoms with Gasteiger partial charge in [0.2, 0.25) is 0 Å². The van der Waals surface area contributed by atoms with Gasteiger partial charge in [0.05, 0.1) is 0 Å². The van der Waals surface area contributed by atoms with Crippen LogP contribution < -0.4 is 5.73 Å². The number of nitrogen functional groups attached to an aromatic ring is 1. The quantitative estimate of drug-likeness (QED) is 0.226. The second-order valence-corrected chi connectivity index (χ2v) is 6.34. The second kappa shape index (κ2) is 5.26. The molecule has 0 radical (unpaired) electrons. The first-order valence-corrected chi connectivity index (χ1v) is 8.34. The molecule has 2 N–H and O–H groups in total. The summed E-state index contributed by atoms with van der Waals surface area (Å²) in [5.41, 5.74) is 8.53. The minimum Gasteiger partial charge on any atom is -0.399 e. The highest BCUT2D eigenvalue weighted by molar-refractivity contribution is 6.23. The lowest BCUT2D eigenvalue weighted by atomic mass is 9.92.